The molecule has 19 heavy (non-hydrogen) atoms. The maximum Gasteiger partial charge on any atom is 0.247 e. The average Bonchev–Trinajstić information content (AvgIpc) is 3.06. The SMILES string of the molecule is CC1OCCC1NCc1nnc(-c2ccccc2)o1. The molecule has 0 spiro atoms. The summed E-state index contributed by atoms with van der Waals surface area (Å²) in [4.78, 5) is 0. The number of nitrogens with one attached hydrogen (secondary N) is 1. The van der Waals surface area contributed by atoms with Gasteiger partial charge in [0.2, 0.25) is 11.8 Å². The van der Waals surface area contributed by atoms with Crippen LogP contribution in [0.1, 0.15) is 19.2 Å². The largest absolute Gasteiger partial charge is 0.419 e. The van der Waals surface area contributed by atoms with Gasteiger partial charge in [-0.05, 0) is 25.5 Å². The second-order valence-electron chi connectivity index (χ2n) is 4.72. The Kier molecular flexibility index (Phi) is 3.57. The molecule has 1 aliphatic rings. The van der Waals surface area contributed by atoms with E-state index in [4.69, 9.17) is 9.15 Å². The van der Waals surface area contributed by atoms with Crippen molar-refractivity contribution in [2.45, 2.75) is 32.0 Å². The van der Waals surface area contributed by atoms with Crippen LogP contribution in [0.5, 0.6) is 0 Å². The fourth-order valence-corrected chi connectivity index (χ4v) is 2.24. The minimum Gasteiger partial charge on any atom is -0.419 e. The third-order valence-electron chi connectivity index (χ3n) is 3.38. The van der Waals surface area contributed by atoms with Crippen molar-refractivity contribution in [3.8, 4) is 11.5 Å². The summed E-state index contributed by atoms with van der Waals surface area (Å²) in [5.74, 6) is 1.17. The number of ether oxygens (including phenoxy) is 1. The molecular formula is C14H17N3O2. The van der Waals surface area contributed by atoms with Crippen LogP contribution >= 0.6 is 0 Å². The van der Waals surface area contributed by atoms with Crippen LogP contribution in [0.15, 0.2) is 34.7 Å². The van der Waals surface area contributed by atoms with Crippen molar-refractivity contribution in [2.24, 2.45) is 0 Å². The highest BCUT2D eigenvalue weighted by Crippen LogP contribution is 2.17. The van der Waals surface area contributed by atoms with E-state index in [0.29, 0.717) is 24.4 Å². The molecule has 1 aromatic heterocycles. The van der Waals surface area contributed by atoms with Gasteiger partial charge in [-0.3, -0.25) is 0 Å². The van der Waals surface area contributed by atoms with Crippen molar-refractivity contribution in [3.05, 3.63) is 36.2 Å². The first-order chi connectivity index (χ1) is 9.33. The number of benzene rings is 1. The summed E-state index contributed by atoms with van der Waals surface area (Å²) in [6.45, 7) is 3.48. The smallest absolute Gasteiger partial charge is 0.247 e. The van der Waals surface area contributed by atoms with Crippen molar-refractivity contribution >= 4 is 0 Å². The number of hydrogen-bond acceptors (Lipinski definition) is 5. The van der Waals surface area contributed by atoms with Crippen LogP contribution in [-0.4, -0.2) is 29.0 Å². The molecule has 1 N–H and O–H groups in total. The molecule has 2 aromatic rings. The average molecular weight is 259 g/mol. The quantitative estimate of drug-likeness (QED) is 0.910. The minimum absolute atomic E-state index is 0.247. The van der Waals surface area contributed by atoms with Crippen LogP contribution in [0.3, 0.4) is 0 Å². The van der Waals surface area contributed by atoms with Gasteiger partial charge in [-0.25, -0.2) is 0 Å². The Morgan fingerprint density at radius 3 is 2.84 bits per heavy atom. The van der Waals surface area contributed by atoms with Crippen molar-refractivity contribution in [1.29, 1.82) is 0 Å². The van der Waals surface area contributed by atoms with Gasteiger partial charge in [-0.1, -0.05) is 18.2 Å². The number of hydrogen-bond donors (Lipinski definition) is 1. The van der Waals surface area contributed by atoms with E-state index in [1.807, 2.05) is 30.3 Å². The minimum atomic E-state index is 0.247. The summed E-state index contributed by atoms with van der Waals surface area (Å²) in [5, 5.41) is 11.5. The molecule has 0 aliphatic carbocycles. The standard InChI is InChI=1S/C14H17N3O2/c1-10-12(7-8-18-10)15-9-13-16-17-14(19-13)11-5-3-2-4-6-11/h2-6,10,12,15H,7-9H2,1H3. The molecule has 2 atom stereocenters. The van der Waals surface area contributed by atoms with Crippen LogP contribution in [0.4, 0.5) is 0 Å². The summed E-state index contributed by atoms with van der Waals surface area (Å²) in [5.41, 5.74) is 0.943. The fourth-order valence-electron chi connectivity index (χ4n) is 2.24. The maximum atomic E-state index is 5.64. The Morgan fingerprint density at radius 2 is 2.11 bits per heavy atom. The zero-order valence-electron chi connectivity index (χ0n) is 10.9. The predicted molar refractivity (Wildman–Crippen MR) is 70.4 cm³/mol. The number of rotatable bonds is 4. The van der Waals surface area contributed by atoms with Crippen molar-refractivity contribution < 1.29 is 9.15 Å². The lowest BCUT2D eigenvalue weighted by molar-refractivity contribution is 0.112. The van der Waals surface area contributed by atoms with Gasteiger partial charge < -0.3 is 14.5 Å². The second-order valence-corrected chi connectivity index (χ2v) is 4.72. The second kappa shape index (κ2) is 5.50. The topological polar surface area (TPSA) is 60.2 Å². The summed E-state index contributed by atoms with van der Waals surface area (Å²) < 4.78 is 11.1. The van der Waals surface area contributed by atoms with E-state index in [2.05, 4.69) is 22.4 Å². The third-order valence-corrected chi connectivity index (χ3v) is 3.38. The molecule has 0 bridgehead atoms. The highest BCUT2D eigenvalue weighted by molar-refractivity contribution is 5.51. The summed E-state index contributed by atoms with van der Waals surface area (Å²) in [7, 11) is 0. The Labute approximate surface area is 112 Å². The van der Waals surface area contributed by atoms with E-state index in [1.54, 1.807) is 0 Å². The predicted octanol–water partition coefficient (Wildman–Crippen LogP) is 2.00. The lowest BCUT2D eigenvalue weighted by Crippen LogP contribution is -2.34. The first kappa shape index (κ1) is 12.3. The monoisotopic (exact) mass is 259 g/mol. The van der Waals surface area contributed by atoms with Gasteiger partial charge in [-0.2, -0.15) is 0 Å². The number of aromatic nitrogens is 2. The van der Waals surface area contributed by atoms with Gasteiger partial charge >= 0.3 is 0 Å². The zero-order valence-corrected chi connectivity index (χ0v) is 10.9. The Balaban J connectivity index is 1.62. The van der Waals surface area contributed by atoms with E-state index in [9.17, 15) is 0 Å². The van der Waals surface area contributed by atoms with Gasteiger partial charge in [0.25, 0.3) is 0 Å². The van der Waals surface area contributed by atoms with Crippen LogP contribution in [0, 0.1) is 0 Å². The lowest BCUT2D eigenvalue weighted by Gasteiger charge is -2.14. The zero-order chi connectivity index (χ0) is 13.1. The molecule has 0 radical (unpaired) electrons. The normalized spacial score (nSPS) is 22.8. The highest BCUT2D eigenvalue weighted by Gasteiger charge is 2.24. The van der Waals surface area contributed by atoms with E-state index < -0.39 is 0 Å². The highest BCUT2D eigenvalue weighted by atomic mass is 16.5. The third kappa shape index (κ3) is 2.83. The first-order valence-electron chi connectivity index (χ1n) is 6.56. The van der Waals surface area contributed by atoms with E-state index in [1.165, 1.54) is 0 Å². The van der Waals surface area contributed by atoms with E-state index in [-0.39, 0.29) is 6.10 Å². The Morgan fingerprint density at radius 1 is 1.26 bits per heavy atom. The number of nitrogens with zero attached hydrogens (tertiary/aromatic N) is 2. The molecule has 1 aromatic carbocycles. The van der Waals surface area contributed by atoms with Gasteiger partial charge in [0.15, 0.2) is 0 Å². The summed E-state index contributed by atoms with van der Waals surface area (Å²) in [6.07, 6.45) is 1.28. The Hall–Kier alpha value is -1.72. The molecule has 1 aliphatic heterocycles. The molecule has 5 nitrogen and oxygen atoms in total. The van der Waals surface area contributed by atoms with Gasteiger partial charge in [0.1, 0.15) is 0 Å². The van der Waals surface area contributed by atoms with Crippen molar-refractivity contribution in [2.75, 3.05) is 6.61 Å². The molecule has 1 fully saturated rings. The molecule has 5 heteroatoms. The van der Waals surface area contributed by atoms with Crippen LogP contribution < -0.4 is 5.32 Å². The molecule has 2 heterocycles. The first-order valence-corrected chi connectivity index (χ1v) is 6.56. The van der Waals surface area contributed by atoms with Crippen LogP contribution in [-0.2, 0) is 11.3 Å². The molecule has 1 saturated heterocycles. The molecule has 100 valence electrons. The van der Waals surface area contributed by atoms with E-state index in [0.717, 1.165) is 18.6 Å². The van der Waals surface area contributed by atoms with Crippen LogP contribution in [0.2, 0.25) is 0 Å². The van der Waals surface area contributed by atoms with Crippen LogP contribution in [0.25, 0.3) is 11.5 Å². The molecule has 0 amide bonds. The molecule has 2 unspecified atom stereocenters. The van der Waals surface area contributed by atoms with Gasteiger partial charge in [0, 0.05) is 18.2 Å². The molecule has 0 saturated carbocycles. The Bertz CT molecular complexity index is 526. The van der Waals surface area contributed by atoms with Crippen molar-refractivity contribution in [1.82, 2.24) is 15.5 Å². The maximum absolute atomic E-state index is 5.64. The van der Waals surface area contributed by atoms with Crippen molar-refractivity contribution in [3.63, 3.8) is 0 Å². The van der Waals surface area contributed by atoms with E-state index >= 15 is 0 Å². The fraction of sp³-hybridized carbons (Fsp3) is 0.429. The lowest BCUT2D eigenvalue weighted by atomic mass is 10.1. The summed E-state index contributed by atoms with van der Waals surface area (Å²) >= 11 is 0. The van der Waals surface area contributed by atoms with Gasteiger partial charge in [0.05, 0.1) is 12.6 Å². The summed E-state index contributed by atoms with van der Waals surface area (Å²) in [6, 6.07) is 10.1. The van der Waals surface area contributed by atoms with Gasteiger partial charge in [-0.15, -0.1) is 10.2 Å². The molecular weight excluding hydrogens is 242 g/mol. The molecule has 3 rings (SSSR count).